The molecule has 0 aliphatic rings. The molecular weight excluding hydrogens is 344 g/mol. The van der Waals surface area contributed by atoms with Crippen molar-refractivity contribution in [3.63, 3.8) is 0 Å². The third-order valence-corrected chi connectivity index (χ3v) is 4.87. The van der Waals surface area contributed by atoms with E-state index in [4.69, 9.17) is 9.47 Å². The Bertz CT molecular complexity index is 878. The molecule has 8 heteroatoms. The van der Waals surface area contributed by atoms with Crippen LogP contribution in [0.2, 0.25) is 0 Å². The molecule has 0 aliphatic heterocycles. The molecule has 0 fully saturated rings. The van der Waals surface area contributed by atoms with Crippen molar-refractivity contribution in [2.45, 2.75) is 24.7 Å². The summed E-state index contributed by atoms with van der Waals surface area (Å²) in [7, 11) is -1.26. The molecule has 2 aromatic rings. The Morgan fingerprint density at radius 1 is 1.12 bits per heavy atom. The minimum absolute atomic E-state index is 0.00751. The summed E-state index contributed by atoms with van der Waals surface area (Å²) in [4.78, 5) is 16.4. The summed E-state index contributed by atoms with van der Waals surface area (Å²) < 4.78 is 37.0. The fraction of sp³-hybridized carbons (Fsp3) is 0.294. The van der Waals surface area contributed by atoms with E-state index in [0.717, 1.165) is 5.56 Å². The maximum absolute atomic E-state index is 12.5. The van der Waals surface area contributed by atoms with Gasteiger partial charge in [0.1, 0.15) is 5.56 Å². The highest BCUT2D eigenvalue weighted by Crippen LogP contribution is 2.22. The van der Waals surface area contributed by atoms with Gasteiger partial charge in [-0.1, -0.05) is 26.0 Å². The number of pyridine rings is 1. The van der Waals surface area contributed by atoms with Gasteiger partial charge in [0, 0.05) is 6.07 Å². The first kappa shape index (κ1) is 18.7. The monoisotopic (exact) mass is 364 g/mol. The first-order valence-corrected chi connectivity index (χ1v) is 9.03. The molecule has 1 amide bonds. The molecular formula is C17H20N2O5S. The first-order valence-electron chi connectivity index (χ1n) is 7.54. The van der Waals surface area contributed by atoms with Gasteiger partial charge < -0.3 is 9.47 Å². The molecule has 0 unspecified atom stereocenters. The average Bonchev–Trinajstić information content (AvgIpc) is 2.60. The number of rotatable bonds is 6. The van der Waals surface area contributed by atoms with Gasteiger partial charge in [0.2, 0.25) is 11.8 Å². The summed E-state index contributed by atoms with van der Waals surface area (Å²) in [5.41, 5.74) is 0.853. The molecule has 1 heterocycles. The summed E-state index contributed by atoms with van der Waals surface area (Å²) in [6, 6.07) is 9.30. The molecule has 0 bridgehead atoms. The van der Waals surface area contributed by atoms with E-state index in [2.05, 4.69) is 4.98 Å². The van der Waals surface area contributed by atoms with E-state index >= 15 is 0 Å². The van der Waals surface area contributed by atoms with Crippen molar-refractivity contribution in [2.75, 3.05) is 14.2 Å². The van der Waals surface area contributed by atoms with Crippen molar-refractivity contribution >= 4 is 15.9 Å². The summed E-state index contributed by atoms with van der Waals surface area (Å²) in [6.45, 7) is 3.91. The van der Waals surface area contributed by atoms with Gasteiger partial charge >= 0.3 is 0 Å². The van der Waals surface area contributed by atoms with Crippen LogP contribution in [0.3, 0.4) is 0 Å². The number of amides is 1. The number of hydrogen-bond acceptors (Lipinski definition) is 6. The number of sulfonamides is 1. The number of aromatic nitrogens is 1. The lowest BCUT2D eigenvalue weighted by Gasteiger charge is -2.12. The van der Waals surface area contributed by atoms with Crippen LogP contribution in [-0.4, -0.2) is 33.5 Å². The third-order valence-electron chi connectivity index (χ3n) is 3.54. The predicted molar refractivity (Wildman–Crippen MR) is 92.5 cm³/mol. The number of nitrogens with zero attached hydrogens (tertiary/aromatic N) is 1. The lowest BCUT2D eigenvalue weighted by Crippen LogP contribution is -2.31. The maximum Gasteiger partial charge on any atom is 0.270 e. The number of carbonyl (C=O) groups excluding carboxylic acids is 1. The largest absolute Gasteiger partial charge is 0.481 e. The van der Waals surface area contributed by atoms with Gasteiger partial charge in [0.25, 0.3) is 15.9 Å². The summed E-state index contributed by atoms with van der Waals surface area (Å²) in [5, 5.41) is 0. The molecule has 7 nitrogen and oxygen atoms in total. The number of hydrogen-bond donors (Lipinski definition) is 1. The van der Waals surface area contributed by atoms with E-state index in [0.29, 0.717) is 0 Å². The van der Waals surface area contributed by atoms with Crippen molar-refractivity contribution in [1.82, 2.24) is 9.71 Å². The van der Waals surface area contributed by atoms with Gasteiger partial charge in [0.05, 0.1) is 19.1 Å². The fourth-order valence-electron chi connectivity index (χ4n) is 2.14. The highest BCUT2D eigenvalue weighted by Gasteiger charge is 2.22. The van der Waals surface area contributed by atoms with Crippen LogP contribution in [0, 0.1) is 0 Å². The van der Waals surface area contributed by atoms with Gasteiger partial charge in [-0.25, -0.2) is 13.1 Å². The molecule has 25 heavy (non-hydrogen) atoms. The Hall–Kier alpha value is -2.61. The minimum atomic E-state index is -4.02. The Labute approximate surface area is 147 Å². The molecule has 1 aromatic carbocycles. The molecule has 1 aromatic heterocycles. The molecule has 0 aliphatic carbocycles. The second kappa shape index (κ2) is 7.52. The molecule has 2 rings (SSSR count). The van der Waals surface area contributed by atoms with E-state index < -0.39 is 15.9 Å². The standard InChI is InChI=1S/C17H20N2O5S/c1-11(2)12-6-5-7-13(10-12)25(21,22)19-16(20)14-8-9-15(23-3)18-17(14)24-4/h5-11H,1-4H3,(H,19,20). The van der Waals surface area contributed by atoms with Crippen molar-refractivity contribution in [3.8, 4) is 11.8 Å². The van der Waals surface area contributed by atoms with Crippen LogP contribution in [0.1, 0.15) is 35.7 Å². The second-order valence-electron chi connectivity index (χ2n) is 5.57. The number of methoxy groups -OCH3 is 2. The van der Waals surface area contributed by atoms with Crippen LogP contribution >= 0.6 is 0 Å². The van der Waals surface area contributed by atoms with Crippen molar-refractivity contribution < 1.29 is 22.7 Å². The van der Waals surface area contributed by atoms with Crippen LogP contribution in [0.15, 0.2) is 41.3 Å². The Kier molecular flexibility index (Phi) is 5.63. The Morgan fingerprint density at radius 2 is 1.84 bits per heavy atom. The highest BCUT2D eigenvalue weighted by molar-refractivity contribution is 7.90. The van der Waals surface area contributed by atoms with E-state index in [9.17, 15) is 13.2 Å². The van der Waals surface area contributed by atoms with Gasteiger partial charge in [0.15, 0.2) is 0 Å². The summed E-state index contributed by atoms with van der Waals surface area (Å²) >= 11 is 0. The quantitative estimate of drug-likeness (QED) is 0.845. The van der Waals surface area contributed by atoms with Crippen LogP contribution in [-0.2, 0) is 10.0 Å². The molecule has 1 N–H and O–H groups in total. The lowest BCUT2D eigenvalue weighted by molar-refractivity contribution is 0.0977. The highest BCUT2D eigenvalue weighted by atomic mass is 32.2. The van der Waals surface area contributed by atoms with Gasteiger partial charge in [-0.05, 0) is 29.7 Å². The number of ether oxygens (including phenoxy) is 2. The zero-order chi connectivity index (χ0) is 18.6. The molecule has 134 valence electrons. The average molecular weight is 364 g/mol. The zero-order valence-corrected chi connectivity index (χ0v) is 15.3. The number of nitrogens with one attached hydrogen (secondary N) is 1. The van der Waals surface area contributed by atoms with E-state index in [-0.39, 0.29) is 28.1 Å². The normalized spacial score (nSPS) is 11.2. The van der Waals surface area contributed by atoms with Crippen LogP contribution in [0.25, 0.3) is 0 Å². The number of benzene rings is 1. The van der Waals surface area contributed by atoms with E-state index in [1.807, 2.05) is 24.6 Å². The van der Waals surface area contributed by atoms with E-state index in [1.165, 1.54) is 32.4 Å². The molecule has 0 saturated heterocycles. The number of carbonyl (C=O) groups is 1. The zero-order valence-electron chi connectivity index (χ0n) is 14.4. The molecule has 0 saturated carbocycles. The van der Waals surface area contributed by atoms with Crippen LogP contribution in [0.4, 0.5) is 0 Å². The van der Waals surface area contributed by atoms with Crippen molar-refractivity contribution in [3.05, 3.63) is 47.5 Å². The van der Waals surface area contributed by atoms with Crippen molar-refractivity contribution in [2.24, 2.45) is 0 Å². The third kappa shape index (κ3) is 4.27. The smallest absolute Gasteiger partial charge is 0.270 e. The van der Waals surface area contributed by atoms with Gasteiger partial charge in [-0.2, -0.15) is 4.98 Å². The van der Waals surface area contributed by atoms with Gasteiger partial charge in [-0.3, -0.25) is 4.79 Å². The topological polar surface area (TPSA) is 94.6 Å². The Balaban J connectivity index is 2.32. The predicted octanol–water partition coefficient (Wildman–Crippen LogP) is 2.34. The van der Waals surface area contributed by atoms with Crippen LogP contribution in [0.5, 0.6) is 11.8 Å². The SMILES string of the molecule is COc1ccc(C(=O)NS(=O)(=O)c2cccc(C(C)C)c2)c(OC)n1. The second-order valence-corrected chi connectivity index (χ2v) is 7.25. The molecule has 0 radical (unpaired) electrons. The summed E-state index contributed by atoms with van der Waals surface area (Å²) in [5.74, 6) is -0.442. The maximum atomic E-state index is 12.5. The van der Waals surface area contributed by atoms with E-state index in [1.54, 1.807) is 12.1 Å². The van der Waals surface area contributed by atoms with Gasteiger partial charge in [-0.15, -0.1) is 0 Å². The first-order chi connectivity index (χ1) is 11.8. The minimum Gasteiger partial charge on any atom is -0.481 e. The molecule has 0 atom stereocenters. The van der Waals surface area contributed by atoms with Crippen LogP contribution < -0.4 is 14.2 Å². The molecule has 0 spiro atoms. The Morgan fingerprint density at radius 3 is 2.44 bits per heavy atom. The summed E-state index contributed by atoms with van der Waals surface area (Å²) in [6.07, 6.45) is 0. The van der Waals surface area contributed by atoms with Crippen molar-refractivity contribution in [1.29, 1.82) is 0 Å². The lowest BCUT2D eigenvalue weighted by atomic mass is 10.0. The fourth-order valence-corrected chi connectivity index (χ4v) is 3.16.